The Morgan fingerprint density at radius 3 is 1.62 bits per heavy atom. The van der Waals surface area contributed by atoms with Gasteiger partial charge in [0.05, 0.1) is 47.6 Å². The molecule has 2 aromatic heterocycles. The maximum absolute atomic E-state index is 10.2. The molecule has 8 heteroatoms. The van der Waals surface area contributed by atoms with E-state index < -0.39 is 0 Å². The lowest BCUT2D eigenvalue weighted by atomic mass is 9.91. The normalized spacial score (nSPS) is 10.8. The third-order valence-corrected chi connectivity index (χ3v) is 11.1. The molecule has 0 bridgehead atoms. The Hall–Kier alpha value is -9.47. The molecule has 0 amide bonds. The van der Waals surface area contributed by atoms with Crippen LogP contribution in [0.1, 0.15) is 11.1 Å². The average Bonchev–Trinajstić information content (AvgIpc) is 3.69. The predicted molar refractivity (Wildman–Crippen MR) is 249 cm³/mol. The second kappa shape index (κ2) is 15.9. The van der Waals surface area contributed by atoms with Gasteiger partial charge in [-0.2, -0.15) is 10.5 Å². The zero-order valence-corrected chi connectivity index (χ0v) is 33.4. The van der Waals surface area contributed by atoms with E-state index in [-0.39, 0.29) is 0 Å². The van der Waals surface area contributed by atoms with Gasteiger partial charge in [-0.1, -0.05) is 121 Å². The molecule has 0 atom stereocenters. The second-order valence-electron chi connectivity index (χ2n) is 14.9. The minimum atomic E-state index is 0.401. The quantitative estimate of drug-likeness (QED) is 0.149. The van der Waals surface area contributed by atoms with Gasteiger partial charge in [-0.05, 0) is 82.9 Å². The first-order valence-electron chi connectivity index (χ1n) is 20.0. The molecule has 8 nitrogen and oxygen atoms in total. The number of nitrogens with zero attached hydrogens (tertiary/aromatic N) is 8. The van der Waals surface area contributed by atoms with Crippen molar-refractivity contribution in [1.29, 1.82) is 10.5 Å². The molecule has 290 valence electrons. The van der Waals surface area contributed by atoms with Crippen molar-refractivity contribution in [2.75, 3.05) is 0 Å². The maximum Gasteiger partial charge on any atom is 0.196 e. The van der Waals surface area contributed by atoms with Crippen LogP contribution in [-0.2, 0) is 0 Å². The number of para-hydroxylation sites is 1. The molecular formula is C55H30N8. The molecule has 8 aromatic carbocycles. The minimum absolute atomic E-state index is 0.401. The number of aromatic nitrogens is 4. The Morgan fingerprint density at radius 1 is 0.413 bits per heavy atom. The number of hydrogen-bond acceptors (Lipinski definition) is 5. The summed E-state index contributed by atoms with van der Waals surface area (Å²) in [5.74, 6) is 1.50. The van der Waals surface area contributed by atoms with Gasteiger partial charge < -0.3 is 4.57 Å². The molecule has 0 spiro atoms. The Morgan fingerprint density at radius 2 is 0.968 bits per heavy atom. The van der Waals surface area contributed by atoms with Crippen LogP contribution in [0.25, 0.3) is 105 Å². The summed E-state index contributed by atoms with van der Waals surface area (Å²) < 4.78 is 2.25. The van der Waals surface area contributed by atoms with E-state index in [9.17, 15) is 10.5 Å². The summed E-state index contributed by atoms with van der Waals surface area (Å²) in [6.07, 6.45) is 0. The lowest BCUT2D eigenvalue weighted by Gasteiger charge is -2.21. The summed E-state index contributed by atoms with van der Waals surface area (Å²) in [5, 5.41) is 21.7. The summed E-state index contributed by atoms with van der Waals surface area (Å²) in [7, 11) is 0. The fraction of sp³-hybridized carbons (Fsp3) is 0. The SMILES string of the molecule is [C-]#[N+]c1cccc(-c2cc(-c3nc(-c4ccccc4)nc(-c4ccccc4)n3)cc(-c3cccc(C#N)c3)c2-n2c3ccccc3c3cc(-c4ccc(C#N)cc4[N+]#[C-])ccc32)c1. The van der Waals surface area contributed by atoms with E-state index in [4.69, 9.17) is 28.1 Å². The van der Waals surface area contributed by atoms with Crippen molar-refractivity contribution in [3.8, 4) is 85.4 Å². The summed E-state index contributed by atoms with van der Waals surface area (Å²) >= 11 is 0. The summed E-state index contributed by atoms with van der Waals surface area (Å²) in [6, 6.07) is 63.1. The Labute approximate surface area is 363 Å². The van der Waals surface area contributed by atoms with Crippen molar-refractivity contribution in [3.63, 3.8) is 0 Å². The predicted octanol–water partition coefficient (Wildman–Crippen LogP) is 13.8. The standard InChI is InChI=1S/C55H30N8/c1-58-43-20-12-19-40(29-43)47-32-42(55-61-53(37-14-5-3-6-15-37)60-54(62-55)38-16-7-4-8-17-38)31-46(39-18-11-13-35(27-39)33-56)52(47)63-50-22-10-9-21-45(50)48-30-41(24-26-51(48)63)44-25-23-36(34-57)28-49(44)59-2/h3-32H. The first kappa shape index (κ1) is 37.8. The lowest BCUT2D eigenvalue weighted by molar-refractivity contribution is 1.07. The Kier molecular flexibility index (Phi) is 9.56. The van der Waals surface area contributed by atoms with Crippen LogP contribution in [-0.4, -0.2) is 19.5 Å². The summed E-state index contributed by atoms with van der Waals surface area (Å²) in [4.78, 5) is 22.8. The summed E-state index contributed by atoms with van der Waals surface area (Å²) in [6.45, 7) is 15.9. The maximum atomic E-state index is 10.2. The van der Waals surface area contributed by atoms with Crippen molar-refractivity contribution in [2.45, 2.75) is 0 Å². The zero-order chi connectivity index (χ0) is 42.9. The van der Waals surface area contributed by atoms with Crippen LogP contribution < -0.4 is 0 Å². The van der Waals surface area contributed by atoms with E-state index >= 15 is 0 Å². The highest BCUT2D eigenvalue weighted by Gasteiger charge is 2.24. The van der Waals surface area contributed by atoms with Crippen LogP contribution >= 0.6 is 0 Å². The molecular weight excluding hydrogens is 773 g/mol. The molecule has 0 radical (unpaired) electrons. The third kappa shape index (κ3) is 6.89. The molecule has 0 N–H and O–H groups in total. The molecule has 0 fully saturated rings. The number of benzene rings is 8. The smallest absolute Gasteiger partial charge is 0.196 e. The summed E-state index contributed by atoms with van der Waals surface area (Å²) in [5.41, 5.74) is 11.7. The van der Waals surface area contributed by atoms with Crippen LogP contribution in [0, 0.1) is 35.8 Å². The van der Waals surface area contributed by atoms with Gasteiger partial charge in [0, 0.05) is 44.2 Å². The van der Waals surface area contributed by atoms with E-state index in [0.717, 1.165) is 72.0 Å². The highest BCUT2D eigenvalue weighted by molar-refractivity contribution is 6.12. The van der Waals surface area contributed by atoms with Gasteiger partial charge in [-0.15, -0.1) is 0 Å². The highest BCUT2D eigenvalue weighted by atomic mass is 15.0. The van der Waals surface area contributed by atoms with Crippen LogP contribution in [0.15, 0.2) is 182 Å². The first-order chi connectivity index (χ1) is 31.0. The molecule has 2 heterocycles. The van der Waals surface area contributed by atoms with E-state index in [1.165, 1.54) is 0 Å². The largest absolute Gasteiger partial charge is 0.308 e. The van der Waals surface area contributed by atoms with Crippen molar-refractivity contribution >= 4 is 33.2 Å². The Balaban J connectivity index is 1.32. The monoisotopic (exact) mass is 802 g/mol. The van der Waals surface area contributed by atoms with E-state index in [2.05, 4.69) is 62.8 Å². The van der Waals surface area contributed by atoms with Crippen LogP contribution in [0.5, 0.6) is 0 Å². The molecule has 0 saturated carbocycles. The van der Waals surface area contributed by atoms with Gasteiger partial charge in [0.1, 0.15) is 0 Å². The number of rotatable bonds is 7. The molecule has 0 aliphatic carbocycles. The van der Waals surface area contributed by atoms with Crippen LogP contribution in [0.2, 0.25) is 0 Å². The van der Waals surface area contributed by atoms with Crippen LogP contribution in [0.3, 0.4) is 0 Å². The van der Waals surface area contributed by atoms with E-state index in [1.54, 1.807) is 24.3 Å². The average molecular weight is 803 g/mol. The molecule has 0 unspecified atom stereocenters. The Bertz CT molecular complexity index is 3480. The van der Waals surface area contributed by atoms with Crippen molar-refractivity contribution < 1.29 is 0 Å². The third-order valence-electron chi connectivity index (χ3n) is 11.1. The molecule has 0 saturated heterocycles. The van der Waals surface area contributed by atoms with Gasteiger partial charge in [0.25, 0.3) is 0 Å². The van der Waals surface area contributed by atoms with Gasteiger partial charge >= 0.3 is 0 Å². The fourth-order valence-electron chi connectivity index (χ4n) is 8.20. The van der Waals surface area contributed by atoms with Gasteiger partial charge in [-0.25, -0.2) is 24.6 Å². The topological polar surface area (TPSA) is 99.9 Å². The molecule has 63 heavy (non-hydrogen) atoms. The number of nitriles is 2. The van der Waals surface area contributed by atoms with Crippen molar-refractivity contribution in [1.82, 2.24) is 19.5 Å². The second-order valence-corrected chi connectivity index (χ2v) is 14.9. The van der Waals surface area contributed by atoms with Gasteiger partial charge in [-0.3, -0.25) is 0 Å². The molecule has 10 aromatic rings. The number of fused-ring (bicyclic) bond motifs is 3. The minimum Gasteiger partial charge on any atom is -0.308 e. The molecule has 0 aliphatic rings. The zero-order valence-electron chi connectivity index (χ0n) is 33.4. The lowest BCUT2D eigenvalue weighted by Crippen LogP contribution is -2.04. The fourth-order valence-corrected chi connectivity index (χ4v) is 8.20. The van der Waals surface area contributed by atoms with Crippen molar-refractivity contribution in [2.24, 2.45) is 0 Å². The molecule has 10 rings (SSSR count). The molecule has 0 aliphatic heterocycles. The van der Waals surface area contributed by atoms with Crippen molar-refractivity contribution in [3.05, 3.63) is 216 Å². The highest BCUT2D eigenvalue weighted by Crippen LogP contribution is 2.45. The first-order valence-corrected chi connectivity index (χ1v) is 20.0. The van der Waals surface area contributed by atoms with Gasteiger partial charge in [0.15, 0.2) is 28.8 Å². The van der Waals surface area contributed by atoms with E-state index in [1.807, 2.05) is 121 Å². The van der Waals surface area contributed by atoms with E-state index in [0.29, 0.717) is 45.5 Å². The van der Waals surface area contributed by atoms with Crippen LogP contribution in [0.4, 0.5) is 11.4 Å². The number of hydrogen-bond donors (Lipinski definition) is 0. The van der Waals surface area contributed by atoms with Gasteiger partial charge in [0.2, 0.25) is 0 Å².